The Balaban J connectivity index is 0.000000482. The van der Waals surface area contributed by atoms with E-state index >= 15 is 0 Å². The Hall–Kier alpha value is -0.530. The fourth-order valence-corrected chi connectivity index (χ4v) is 3.41. The molecule has 1 aliphatic carbocycles. The molecule has 0 radical (unpaired) electrons. The van der Waals surface area contributed by atoms with Crippen molar-refractivity contribution in [3.63, 3.8) is 0 Å². The van der Waals surface area contributed by atoms with Crippen LogP contribution >= 0.6 is 7.69 Å². The van der Waals surface area contributed by atoms with Crippen molar-refractivity contribution in [3.05, 3.63) is 78.8 Å². The largest absolute Gasteiger partial charge is 4.00 e. The van der Waals surface area contributed by atoms with Crippen LogP contribution in [0.1, 0.15) is 6.42 Å². The monoisotopic (exact) mass is 513 g/mol. The molecule has 0 N–H and O–H groups in total. The van der Waals surface area contributed by atoms with Crippen molar-refractivity contribution < 1.29 is 50.7 Å². The molecule has 0 aliphatic heterocycles. The fraction of sp³-hybridized carbons (Fsp3) is 0.0588. The molecule has 1 aromatic heterocycles. The predicted molar refractivity (Wildman–Crippen MR) is 83.0 cm³/mol. The molecule has 0 fully saturated rings. The number of nitrogens with zero attached hydrogens (tertiary/aromatic N) is 1. The Morgan fingerprint density at radius 3 is 2.50 bits per heavy atom. The summed E-state index contributed by atoms with van der Waals surface area (Å²) >= 11 is 0. The number of halogens is 2. The predicted octanol–water partition coefficient (Wildman–Crippen LogP) is -0.759. The number of aromatic nitrogens is 1. The molecule has 0 saturated carbocycles. The first kappa shape index (κ1) is 21.5. The van der Waals surface area contributed by atoms with Crippen molar-refractivity contribution in [3.8, 4) is 5.30 Å². The van der Waals surface area contributed by atoms with Crippen LogP contribution in [0.4, 0.5) is 0 Å². The number of hydrogen-bond acceptors (Lipinski definition) is 1. The minimum absolute atomic E-state index is 0. The molecule has 1 unspecified atom stereocenters. The van der Waals surface area contributed by atoms with E-state index in [0.717, 1.165) is 6.42 Å². The molecule has 3 aromatic rings. The first-order valence-corrected chi connectivity index (χ1v) is 7.67. The van der Waals surface area contributed by atoms with Crippen LogP contribution in [0.2, 0.25) is 0 Å². The zero-order valence-electron chi connectivity index (χ0n) is 11.8. The normalized spacial score (nSPS) is 11.7. The van der Waals surface area contributed by atoms with E-state index < -0.39 is 7.69 Å². The van der Waals surface area contributed by atoms with E-state index in [1.807, 2.05) is 24.4 Å². The molecule has 1 nitrogen and oxygen atoms in total. The van der Waals surface area contributed by atoms with Crippen molar-refractivity contribution in [1.82, 2.24) is 4.75 Å². The summed E-state index contributed by atoms with van der Waals surface area (Å²) in [4.78, 5) is 0. The molecule has 1 aliphatic rings. The first-order chi connectivity index (χ1) is 9.43. The van der Waals surface area contributed by atoms with Crippen molar-refractivity contribution >= 4 is 18.5 Å². The van der Waals surface area contributed by atoms with Gasteiger partial charge in [-0.15, -0.1) is 41.5 Å². The average Bonchev–Trinajstić information content (AvgIpc) is 3.20. The summed E-state index contributed by atoms with van der Waals surface area (Å²) in [6.45, 7) is 0. The molecule has 1 atom stereocenters. The second kappa shape index (κ2) is 11.1. The Labute approximate surface area is 163 Å². The van der Waals surface area contributed by atoms with Crippen molar-refractivity contribution in [1.29, 1.82) is 0 Å². The molecule has 1 heterocycles. The number of benzene rings is 1. The summed E-state index contributed by atoms with van der Waals surface area (Å²) in [6, 6.07) is 15.0. The number of fused-ring (bicyclic) bond motifs is 1. The summed E-state index contributed by atoms with van der Waals surface area (Å²) in [7, 11) is -0.398. The van der Waals surface area contributed by atoms with E-state index in [1.54, 1.807) is 0 Å². The Bertz CT molecular complexity index is 674. The molecule has 5 heteroatoms. The third-order valence-electron chi connectivity index (χ3n) is 2.96. The van der Waals surface area contributed by atoms with Gasteiger partial charge in [0.05, 0.1) is 0 Å². The van der Waals surface area contributed by atoms with Crippen LogP contribution in [0.5, 0.6) is 0 Å². The third-order valence-corrected chi connectivity index (χ3v) is 4.58. The van der Waals surface area contributed by atoms with Crippen molar-refractivity contribution in [2.45, 2.75) is 6.42 Å². The van der Waals surface area contributed by atoms with Gasteiger partial charge in [0.1, 0.15) is 0 Å². The molecule has 0 bridgehead atoms. The van der Waals surface area contributed by atoms with Crippen LogP contribution in [0, 0.1) is 6.08 Å². The zero-order chi connectivity index (χ0) is 12.9. The molecular weight excluding hydrogens is 499 g/mol. The number of hydrogen-bond donors (Lipinski definition) is 0. The smallest absolute Gasteiger partial charge is 1.00 e. The van der Waals surface area contributed by atoms with Gasteiger partial charge >= 0.3 is 25.8 Å². The van der Waals surface area contributed by atoms with E-state index in [-0.39, 0.29) is 50.7 Å². The maximum Gasteiger partial charge on any atom is 4.00 e. The van der Waals surface area contributed by atoms with E-state index in [1.165, 1.54) is 16.1 Å². The van der Waals surface area contributed by atoms with E-state index in [2.05, 4.69) is 59.1 Å². The van der Waals surface area contributed by atoms with Crippen LogP contribution in [-0.2, 0) is 25.8 Å². The van der Waals surface area contributed by atoms with Crippen LogP contribution in [-0.4, -0.2) is 4.75 Å². The second-order valence-corrected chi connectivity index (χ2v) is 6.03. The topological polar surface area (TPSA) is 12.9 Å². The Morgan fingerprint density at radius 2 is 1.95 bits per heavy atom. The van der Waals surface area contributed by atoms with Crippen molar-refractivity contribution in [2.24, 2.45) is 0 Å². The van der Waals surface area contributed by atoms with Gasteiger partial charge in [-0.25, -0.2) is 16.9 Å². The van der Waals surface area contributed by atoms with Crippen LogP contribution in [0.15, 0.2) is 72.7 Å². The standard InChI is InChI=1S/C12H9NP.C5H5.2ClH.Hf/c1-2-5-11-9-12(8-10(11)4-1)14-7-3-6-13-14;1-2-4-5-3-1;;;/h1-9H;1-3H,4H2;2*1H;/q2*-1;;;+4/p-2. The molecule has 4 rings (SSSR count). The van der Waals surface area contributed by atoms with E-state index in [0.29, 0.717) is 0 Å². The number of allylic oxidation sites excluding steroid dienone is 4. The second-order valence-electron chi connectivity index (χ2n) is 4.30. The van der Waals surface area contributed by atoms with E-state index in [9.17, 15) is 0 Å². The molecule has 110 valence electrons. The average molecular weight is 513 g/mol. The van der Waals surface area contributed by atoms with Gasteiger partial charge in [-0.2, -0.15) is 12.1 Å². The SMILES string of the molecule is [C-]1=CC=CC1.[Cl-].[Cl-].[Hf+4].c1ccc2[cH-]c(-p3cccn3)cc2c1. The number of rotatable bonds is 1. The summed E-state index contributed by atoms with van der Waals surface area (Å²) in [5.41, 5.74) is 0. The minimum atomic E-state index is -0.398. The van der Waals surface area contributed by atoms with Gasteiger partial charge in [-0.1, -0.05) is 11.4 Å². The molecule has 0 amide bonds. The maximum atomic E-state index is 4.43. The Morgan fingerprint density at radius 1 is 1.14 bits per heavy atom. The third kappa shape index (κ3) is 5.59. The summed E-state index contributed by atoms with van der Waals surface area (Å²) in [5, 5.41) is 3.99. The molecule has 22 heavy (non-hydrogen) atoms. The maximum absolute atomic E-state index is 4.43. The van der Waals surface area contributed by atoms with Gasteiger partial charge in [-0.3, -0.25) is 6.08 Å². The van der Waals surface area contributed by atoms with E-state index in [4.69, 9.17) is 0 Å². The van der Waals surface area contributed by atoms with Crippen LogP contribution in [0.25, 0.3) is 16.1 Å². The van der Waals surface area contributed by atoms with Gasteiger partial charge in [0.15, 0.2) is 0 Å². The van der Waals surface area contributed by atoms with Crippen LogP contribution < -0.4 is 24.8 Å². The molecule has 2 aromatic carbocycles. The molecular formula is C17H14Cl2HfNP. The van der Waals surface area contributed by atoms with Crippen molar-refractivity contribution in [2.75, 3.05) is 0 Å². The quantitative estimate of drug-likeness (QED) is 0.309. The molecule has 0 saturated heterocycles. The first-order valence-electron chi connectivity index (χ1n) is 6.31. The van der Waals surface area contributed by atoms with Gasteiger partial charge in [0.2, 0.25) is 0 Å². The van der Waals surface area contributed by atoms with Gasteiger partial charge in [0.25, 0.3) is 0 Å². The summed E-state index contributed by atoms with van der Waals surface area (Å²) < 4.78 is 4.43. The Kier molecular flexibility index (Phi) is 10.8. The zero-order valence-corrected chi connectivity index (χ0v) is 17.8. The molecule has 0 spiro atoms. The van der Waals surface area contributed by atoms with Gasteiger partial charge in [0, 0.05) is 6.20 Å². The van der Waals surface area contributed by atoms with Gasteiger partial charge < -0.3 is 24.8 Å². The fourth-order valence-electron chi connectivity index (χ4n) is 2.03. The summed E-state index contributed by atoms with van der Waals surface area (Å²) in [6.07, 6.45) is 11.9. The summed E-state index contributed by atoms with van der Waals surface area (Å²) in [5.74, 6) is 2.18. The minimum Gasteiger partial charge on any atom is -1.00 e. The van der Waals surface area contributed by atoms with Crippen LogP contribution in [0.3, 0.4) is 0 Å². The van der Waals surface area contributed by atoms with Gasteiger partial charge in [-0.05, 0) is 19.6 Å².